The van der Waals surface area contributed by atoms with Crippen molar-refractivity contribution in [2.24, 2.45) is 0 Å². The largest absolute Gasteiger partial charge is 0.328 e. The van der Waals surface area contributed by atoms with Crippen LogP contribution in [0, 0.1) is 17.1 Å². The first-order chi connectivity index (χ1) is 8.61. The molecule has 0 spiro atoms. The van der Waals surface area contributed by atoms with E-state index in [1.54, 1.807) is 6.07 Å². The third-order valence-corrected chi connectivity index (χ3v) is 2.44. The van der Waals surface area contributed by atoms with E-state index in [0.29, 0.717) is 5.56 Å². The van der Waals surface area contributed by atoms with Crippen LogP contribution >= 0.6 is 0 Å². The molecule has 5 nitrogen and oxygen atoms in total. The van der Waals surface area contributed by atoms with E-state index in [2.05, 4.69) is 4.98 Å². The highest BCUT2D eigenvalue weighted by Crippen LogP contribution is 2.09. The van der Waals surface area contributed by atoms with Gasteiger partial charge in [-0.05, 0) is 17.7 Å². The number of H-pyrrole nitrogens is 1. The highest BCUT2D eigenvalue weighted by atomic mass is 19.1. The fraction of sp³-hybridized carbons (Fsp3) is 0.0833. The van der Waals surface area contributed by atoms with Gasteiger partial charge in [0.15, 0.2) is 0 Å². The van der Waals surface area contributed by atoms with Crippen LogP contribution < -0.4 is 11.2 Å². The number of nitriles is 1. The predicted molar refractivity (Wildman–Crippen MR) is 61.5 cm³/mol. The number of nitrogens with one attached hydrogen (secondary N) is 1. The lowest BCUT2D eigenvalue weighted by Gasteiger charge is -2.04. The van der Waals surface area contributed by atoms with Gasteiger partial charge < -0.3 is 4.98 Å². The van der Waals surface area contributed by atoms with Gasteiger partial charge in [0.1, 0.15) is 11.9 Å². The molecule has 1 aromatic carbocycles. The Hall–Kier alpha value is -2.68. The maximum absolute atomic E-state index is 13.1. The van der Waals surface area contributed by atoms with Gasteiger partial charge in [-0.2, -0.15) is 5.26 Å². The predicted octanol–water partition coefficient (Wildman–Crippen LogP) is 0.596. The lowest BCUT2D eigenvalue weighted by Crippen LogP contribution is -2.34. The maximum atomic E-state index is 13.1. The third-order valence-electron chi connectivity index (χ3n) is 2.44. The van der Waals surface area contributed by atoms with Crippen molar-refractivity contribution in [3.63, 3.8) is 0 Å². The van der Waals surface area contributed by atoms with Crippen LogP contribution in [0.3, 0.4) is 0 Å². The summed E-state index contributed by atoms with van der Waals surface area (Å²) in [6, 6.07) is 6.80. The summed E-state index contributed by atoms with van der Waals surface area (Å²) in [6.45, 7) is -0.00995. The average Bonchev–Trinajstić information content (AvgIpc) is 2.36. The molecule has 0 unspecified atom stereocenters. The molecule has 0 radical (unpaired) electrons. The number of hydrogen-bond acceptors (Lipinski definition) is 3. The molecule has 0 atom stereocenters. The van der Waals surface area contributed by atoms with E-state index in [1.807, 2.05) is 0 Å². The van der Waals surface area contributed by atoms with Gasteiger partial charge in [-0.25, -0.2) is 9.18 Å². The number of rotatable bonds is 2. The summed E-state index contributed by atoms with van der Waals surface area (Å²) in [5, 5.41) is 8.69. The van der Waals surface area contributed by atoms with E-state index in [9.17, 15) is 14.0 Å². The lowest BCUT2D eigenvalue weighted by atomic mass is 10.1. The summed E-state index contributed by atoms with van der Waals surface area (Å²) >= 11 is 0. The second kappa shape index (κ2) is 4.67. The summed E-state index contributed by atoms with van der Waals surface area (Å²) in [6.07, 6.45) is 1.26. The summed E-state index contributed by atoms with van der Waals surface area (Å²) in [5.41, 5.74) is -0.619. The van der Waals surface area contributed by atoms with Crippen LogP contribution in [0.15, 0.2) is 40.1 Å². The molecule has 0 fully saturated rings. The average molecular weight is 245 g/mol. The van der Waals surface area contributed by atoms with Gasteiger partial charge in [0, 0.05) is 12.3 Å². The number of halogens is 1. The molecule has 90 valence electrons. The molecule has 0 aliphatic rings. The lowest BCUT2D eigenvalue weighted by molar-refractivity contribution is 0.621. The molecule has 2 aromatic rings. The van der Waals surface area contributed by atoms with Crippen molar-refractivity contribution in [1.82, 2.24) is 9.55 Å². The van der Waals surface area contributed by atoms with Gasteiger partial charge in [0.05, 0.1) is 12.1 Å². The molecular weight excluding hydrogens is 237 g/mol. The molecule has 0 bridgehead atoms. The fourth-order valence-corrected chi connectivity index (χ4v) is 1.54. The Morgan fingerprint density at radius 1 is 1.33 bits per heavy atom. The molecule has 0 amide bonds. The van der Waals surface area contributed by atoms with E-state index < -0.39 is 17.1 Å². The van der Waals surface area contributed by atoms with Crippen molar-refractivity contribution in [2.45, 2.75) is 6.54 Å². The maximum Gasteiger partial charge on any atom is 0.328 e. The standard InChI is InChI=1S/C12H8FN3O2/c13-10-2-1-8(5-9(10)6-14)7-16-11(17)3-4-15-12(16)18/h1-5H,7H2,(H,15,18). The van der Waals surface area contributed by atoms with Crippen molar-refractivity contribution in [3.05, 3.63) is 68.2 Å². The van der Waals surface area contributed by atoms with Gasteiger partial charge in [-0.15, -0.1) is 0 Å². The fourth-order valence-electron chi connectivity index (χ4n) is 1.54. The molecule has 1 N–H and O–H groups in total. The minimum absolute atomic E-state index is 0.00995. The highest BCUT2D eigenvalue weighted by Gasteiger charge is 2.05. The highest BCUT2D eigenvalue weighted by molar-refractivity contribution is 5.34. The Morgan fingerprint density at radius 3 is 2.78 bits per heavy atom. The first-order valence-electron chi connectivity index (χ1n) is 5.09. The Kier molecular flexibility index (Phi) is 3.06. The third kappa shape index (κ3) is 2.20. The first kappa shape index (κ1) is 11.8. The normalized spacial score (nSPS) is 10.0. The molecule has 0 saturated carbocycles. The number of aromatic amines is 1. The molecule has 18 heavy (non-hydrogen) atoms. The van der Waals surface area contributed by atoms with Crippen LogP contribution in [0.25, 0.3) is 0 Å². The molecule has 6 heteroatoms. The summed E-state index contributed by atoms with van der Waals surface area (Å²) in [7, 11) is 0. The monoisotopic (exact) mass is 245 g/mol. The van der Waals surface area contributed by atoms with Crippen LogP contribution in [0.1, 0.15) is 11.1 Å². The Bertz CT molecular complexity index is 712. The Morgan fingerprint density at radius 2 is 2.11 bits per heavy atom. The van der Waals surface area contributed by atoms with E-state index in [0.717, 1.165) is 10.6 Å². The SMILES string of the molecule is N#Cc1cc(Cn2c(=O)cc[nH]c2=O)ccc1F. The Balaban J connectivity index is 2.45. The number of nitrogens with zero attached hydrogens (tertiary/aromatic N) is 2. The van der Waals surface area contributed by atoms with Gasteiger partial charge >= 0.3 is 5.69 Å². The molecule has 2 rings (SSSR count). The van der Waals surface area contributed by atoms with Gasteiger partial charge in [0.2, 0.25) is 0 Å². The summed E-state index contributed by atoms with van der Waals surface area (Å²) in [4.78, 5) is 25.3. The van der Waals surface area contributed by atoms with E-state index in [4.69, 9.17) is 5.26 Å². The van der Waals surface area contributed by atoms with Crippen molar-refractivity contribution < 1.29 is 4.39 Å². The quantitative estimate of drug-likeness (QED) is 0.841. The summed E-state index contributed by atoms with van der Waals surface area (Å²) in [5.74, 6) is -0.629. The van der Waals surface area contributed by atoms with Crippen molar-refractivity contribution in [2.75, 3.05) is 0 Å². The molecule has 1 aromatic heterocycles. The topological polar surface area (TPSA) is 78.7 Å². The zero-order valence-electron chi connectivity index (χ0n) is 9.18. The Labute approximate surface area is 101 Å². The molecule has 0 aliphatic carbocycles. The van der Waals surface area contributed by atoms with E-state index >= 15 is 0 Å². The smallest absolute Gasteiger partial charge is 0.314 e. The number of aromatic nitrogens is 2. The minimum Gasteiger partial charge on any atom is -0.314 e. The van der Waals surface area contributed by atoms with Crippen molar-refractivity contribution in [3.8, 4) is 6.07 Å². The van der Waals surface area contributed by atoms with E-state index in [-0.39, 0.29) is 12.1 Å². The second-order valence-electron chi connectivity index (χ2n) is 3.63. The van der Waals surface area contributed by atoms with Crippen LogP contribution in [0.2, 0.25) is 0 Å². The van der Waals surface area contributed by atoms with Crippen LogP contribution in [0.5, 0.6) is 0 Å². The molecule has 0 aliphatic heterocycles. The van der Waals surface area contributed by atoms with Crippen LogP contribution in [-0.2, 0) is 6.54 Å². The molecule has 1 heterocycles. The van der Waals surface area contributed by atoms with Gasteiger partial charge in [-0.1, -0.05) is 6.07 Å². The van der Waals surface area contributed by atoms with Crippen molar-refractivity contribution >= 4 is 0 Å². The minimum atomic E-state index is -0.629. The molecular formula is C12H8FN3O2. The van der Waals surface area contributed by atoms with E-state index in [1.165, 1.54) is 24.4 Å². The number of hydrogen-bond donors (Lipinski definition) is 1. The second-order valence-corrected chi connectivity index (χ2v) is 3.63. The first-order valence-corrected chi connectivity index (χ1v) is 5.09. The summed E-state index contributed by atoms with van der Waals surface area (Å²) < 4.78 is 14.1. The zero-order valence-corrected chi connectivity index (χ0v) is 9.18. The number of benzene rings is 1. The van der Waals surface area contributed by atoms with Crippen LogP contribution in [-0.4, -0.2) is 9.55 Å². The van der Waals surface area contributed by atoms with Gasteiger partial charge in [-0.3, -0.25) is 9.36 Å². The van der Waals surface area contributed by atoms with Crippen LogP contribution in [0.4, 0.5) is 4.39 Å². The van der Waals surface area contributed by atoms with Crippen molar-refractivity contribution in [1.29, 1.82) is 5.26 Å². The van der Waals surface area contributed by atoms with Gasteiger partial charge in [0.25, 0.3) is 5.56 Å². The zero-order chi connectivity index (χ0) is 13.1. The molecule has 0 saturated heterocycles.